The van der Waals surface area contributed by atoms with Gasteiger partial charge in [-0.15, -0.1) is 0 Å². The Hall–Kier alpha value is -2.55. The van der Waals surface area contributed by atoms with Gasteiger partial charge in [0.1, 0.15) is 19.0 Å². The molecule has 33 heavy (non-hydrogen) atoms. The van der Waals surface area contributed by atoms with E-state index in [1.54, 1.807) is 13.2 Å². The second-order valence-corrected chi connectivity index (χ2v) is 8.64. The lowest BCUT2D eigenvalue weighted by Gasteiger charge is -2.26. The van der Waals surface area contributed by atoms with Crippen molar-refractivity contribution in [2.24, 2.45) is 0 Å². The molecule has 0 spiro atoms. The molecule has 0 unspecified atom stereocenters. The zero-order valence-electron chi connectivity index (χ0n) is 18.7. The molecule has 0 amide bonds. The van der Waals surface area contributed by atoms with Gasteiger partial charge in [0, 0.05) is 40.6 Å². The molecule has 2 heterocycles. The summed E-state index contributed by atoms with van der Waals surface area (Å²) in [6.07, 6.45) is 1.86. The fourth-order valence-electron chi connectivity index (χ4n) is 3.76. The number of benzene rings is 2. The maximum Gasteiger partial charge on any atom is 0.310 e. The molecule has 1 aliphatic heterocycles. The van der Waals surface area contributed by atoms with Crippen LogP contribution in [-0.2, 0) is 27.3 Å². The second-order valence-electron chi connectivity index (χ2n) is 7.72. The predicted octanol–water partition coefficient (Wildman–Crippen LogP) is 4.59. The first-order valence-electron chi connectivity index (χ1n) is 11.1. The minimum atomic E-state index is -0.273. The molecule has 0 radical (unpaired) electrons. The molecule has 1 aliphatic rings. The summed E-state index contributed by atoms with van der Waals surface area (Å²) in [4.78, 5) is 14.2. The van der Waals surface area contributed by atoms with Crippen molar-refractivity contribution in [3.63, 3.8) is 0 Å². The highest BCUT2D eigenvalue weighted by Crippen LogP contribution is 2.34. The van der Waals surface area contributed by atoms with E-state index in [1.807, 2.05) is 36.4 Å². The Balaban J connectivity index is 1.43. The summed E-state index contributed by atoms with van der Waals surface area (Å²) in [5.41, 5.74) is 2.38. The van der Waals surface area contributed by atoms with Crippen LogP contribution in [0.3, 0.4) is 0 Å². The third-order valence-corrected chi connectivity index (χ3v) is 5.91. The lowest BCUT2D eigenvalue weighted by molar-refractivity contribution is -0.142. The van der Waals surface area contributed by atoms with Gasteiger partial charge in [-0.1, -0.05) is 34.1 Å². The Morgan fingerprint density at radius 3 is 2.73 bits per heavy atom. The Morgan fingerprint density at radius 1 is 1.09 bits per heavy atom. The third-order valence-electron chi connectivity index (χ3n) is 5.45. The van der Waals surface area contributed by atoms with E-state index in [4.69, 9.17) is 23.4 Å². The maximum atomic E-state index is 11.9. The van der Waals surface area contributed by atoms with Gasteiger partial charge in [0.2, 0.25) is 0 Å². The van der Waals surface area contributed by atoms with Gasteiger partial charge in [0.05, 0.1) is 32.5 Å². The quantitative estimate of drug-likeness (QED) is 0.364. The Bertz CT molecular complexity index is 1080. The number of fused-ring (bicyclic) bond motifs is 1. The molecule has 3 aromatic rings. The average molecular weight is 518 g/mol. The summed E-state index contributed by atoms with van der Waals surface area (Å²) in [6, 6.07) is 11.4. The smallest absolute Gasteiger partial charge is 0.310 e. The van der Waals surface area contributed by atoms with Crippen LogP contribution in [-0.4, -0.2) is 56.9 Å². The van der Waals surface area contributed by atoms with Crippen LogP contribution in [0, 0.1) is 0 Å². The monoisotopic (exact) mass is 517 g/mol. The Morgan fingerprint density at radius 2 is 1.91 bits per heavy atom. The van der Waals surface area contributed by atoms with Gasteiger partial charge in [0.25, 0.3) is 0 Å². The summed E-state index contributed by atoms with van der Waals surface area (Å²) < 4.78 is 29.4. The van der Waals surface area contributed by atoms with Crippen molar-refractivity contribution < 1.29 is 28.2 Å². The van der Waals surface area contributed by atoms with Gasteiger partial charge in [-0.3, -0.25) is 9.69 Å². The van der Waals surface area contributed by atoms with E-state index >= 15 is 0 Å². The first-order chi connectivity index (χ1) is 16.1. The normalized spacial score (nSPS) is 14.4. The van der Waals surface area contributed by atoms with E-state index in [1.165, 1.54) is 0 Å². The molecule has 1 saturated heterocycles. The summed E-state index contributed by atoms with van der Waals surface area (Å²) >= 11 is 3.58. The number of carbonyl (C=O) groups excluding carboxylic acids is 1. The Kier molecular flexibility index (Phi) is 8.25. The summed E-state index contributed by atoms with van der Waals surface area (Å²) in [7, 11) is 0. The lowest BCUT2D eigenvalue weighted by Crippen LogP contribution is -2.38. The number of halogens is 1. The number of esters is 1. The lowest BCUT2D eigenvalue weighted by atomic mass is 10.1. The molecule has 8 heteroatoms. The molecule has 176 valence electrons. The molecule has 0 atom stereocenters. The topological polar surface area (TPSA) is 70.4 Å². The van der Waals surface area contributed by atoms with Crippen LogP contribution in [0.2, 0.25) is 0 Å². The molecule has 1 aromatic heterocycles. The first-order valence-corrected chi connectivity index (χ1v) is 11.9. The highest BCUT2D eigenvalue weighted by molar-refractivity contribution is 9.10. The minimum Gasteiger partial charge on any atom is -0.488 e. The molecule has 0 N–H and O–H groups in total. The fourth-order valence-corrected chi connectivity index (χ4v) is 4.20. The zero-order valence-corrected chi connectivity index (χ0v) is 20.3. The minimum absolute atomic E-state index is 0.169. The van der Waals surface area contributed by atoms with Crippen LogP contribution < -0.4 is 9.47 Å². The van der Waals surface area contributed by atoms with Crippen LogP contribution >= 0.6 is 15.9 Å². The van der Waals surface area contributed by atoms with Crippen molar-refractivity contribution in [2.45, 2.75) is 20.0 Å². The van der Waals surface area contributed by atoms with Crippen molar-refractivity contribution >= 4 is 32.9 Å². The van der Waals surface area contributed by atoms with Gasteiger partial charge < -0.3 is 23.4 Å². The molecule has 0 bridgehead atoms. The number of morpholine rings is 1. The van der Waals surface area contributed by atoms with Crippen LogP contribution in [0.25, 0.3) is 11.0 Å². The van der Waals surface area contributed by atoms with E-state index in [-0.39, 0.29) is 12.4 Å². The van der Waals surface area contributed by atoms with Crippen molar-refractivity contribution in [1.82, 2.24) is 4.90 Å². The standard InChI is InChI=1S/C25H28BrNO6/c1-2-30-24(28)13-18-5-3-4-6-22(18)32-16-19-17-33-25-21(19)14-20(26)15-23(25)31-12-9-27-7-10-29-11-8-27/h3-6,14-15,17H,2,7-13,16H2,1H3. The van der Waals surface area contributed by atoms with Crippen molar-refractivity contribution in [2.75, 3.05) is 46.1 Å². The number of rotatable bonds is 10. The van der Waals surface area contributed by atoms with Gasteiger partial charge in [0.15, 0.2) is 11.3 Å². The van der Waals surface area contributed by atoms with Crippen LogP contribution in [0.4, 0.5) is 0 Å². The van der Waals surface area contributed by atoms with E-state index in [2.05, 4.69) is 20.8 Å². The number of ether oxygens (including phenoxy) is 4. The van der Waals surface area contributed by atoms with Gasteiger partial charge in [-0.2, -0.15) is 0 Å². The molecule has 0 aliphatic carbocycles. The maximum absolute atomic E-state index is 11.9. The van der Waals surface area contributed by atoms with Crippen LogP contribution in [0.1, 0.15) is 18.1 Å². The van der Waals surface area contributed by atoms with E-state index in [0.717, 1.165) is 53.8 Å². The average Bonchev–Trinajstić information content (AvgIpc) is 3.22. The molecule has 7 nitrogen and oxygen atoms in total. The molecule has 2 aromatic carbocycles. The third kappa shape index (κ3) is 6.28. The second kappa shape index (κ2) is 11.5. The number of hydrogen-bond acceptors (Lipinski definition) is 7. The number of nitrogens with zero attached hydrogens (tertiary/aromatic N) is 1. The van der Waals surface area contributed by atoms with Crippen molar-refractivity contribution in [3.05, 3.63) is 58.3 Å². The SMILES string of the molecule is CCOC(=O)Cc1ccccc1OCc1coc2c(OCCN3CCOCC3)cc(Br)cc12. The largest absolute Gasteiger partial charge is 0.488 e. The van der Waals surface area contributed by atoms with Crippen molar-refractivity contribution in [3.8, 4) is 11.5 Å². The van der Waals surface area contributed by atoms with Crippen LogP contribution in [0.5, 0.6) is 11.5 Å². The van der Waals surface area contributed by atoms with Gasteiger partial charge in [-0.25, -0.2) is 0 Å². The molecule has 0 saturated carbocycles. The summed E-state index contributed by atoms with van der Waals surface area (Å²) in [6.45, 7) is 7.25. The van der Waals surface area contributed by atoms with E-state index in [0.29, 0.717) is 36.9 Å². The van der Waals surface area contributed by atoms with Crippen LogP contribution in [0.15, 0.2) is 51.6 Å². The molecular weight excluding hydrogens is 490 g/mol. The fraction of sp³-hybridized carbons (Fsp3) is 0.400. The van der Waals surface area contributed by atoms with E-state index < -0.39 is 0 Å². The molecule has 1 fully saturated rings. The molecule has 4 rings (SSSR count). The highest BCUT2D eigenvalue weighted by atomic mass is 79.9. The number of furan rings is 1. The molecular formula is C25H28BrNO6. The van der Waals surface area contributed by atoms with Gasteiger partial charge in [-0.05, 0) is 25.1 Å². The number of carbonyl (C=O) groups is 1. The van der Waals surface area contributed by atoms with Crippen molar-refractivity contribution in [1.29, 1.82) is 0 Å². The number of para-hydroxylation sites is 1. The zero-order chi connectivity index (χ0) is 23.0. The highest BCUT2D eigenvalue weighted by Gasteiger charge is 2.16. The predicted molar refractivity (Wildman–Crippen MR) is 128 cm³/mol. The first kappa shape index (κ1) is 23.6. The van der Waals surface area contributed by atoms with Gasteiger partial charge >= 0.3 is 5.97 Å². The summed E-state index contributed by atoms with van der Waals surface area (Å²) in [5.74, 6) is 1.07. The Labute approximate surface area is 201 Å². The number of hydrogen-bond donors (Lipinski definition) is 0. The summed E-state index contributed by atoms with van der Waals surface area (Å²) in [5, 5.41) is 0.925. The van der Waals surface area contributed by atoms with E-state index in [9.17, 15) is 4.79 Å².